The fraction of sp³-hybridized carbons (Fsp3) is 1.00. The van der Waals surface area contributed by atoms with E-state index in [4.69, 9.17) is 0 Å². The molecule has 0 bridgehead atoms. The third kappa shape index (κ3) is 1.23. The zero-order valence-electron chi connectivity index (χ0n) is 5.65. The second kappa shape index (κ2) is 2.51. The van der Waals surface area contributed by atoms with Gasteiger partial charge in [-0.2, -0.15) is 0 Å². The molecule has 1 aliphatic rings. The average molecular weight is 112 g/mol. The van der Waals surface area contributed by atoms with E-state index in [0.29, 0.717) is 0 Å². The third-order valence-corrected chi connectivity index (χ3v) is 1.80. The van der Waals surface area contributed by atoms with Crippen LogP contribution in [0, 0.1) is 0 Å². The molecular weight excluding hydrogens is 98.9 g/mol. The third-order valence-electron chi connectivity index (χ3n) is 1.80. The molecule has 1 saturated heterocycles. The Bertz CT molecular complexity index is 76.8. The first kappa shape index (κ1) is 6.11. The van der Waals surface area contributed by atoms with Crippen molar-refractivity contribution in [3.63, 3.8) is 0 Å². The molecule has 3 heteroatoms. The zero-order chi connectivity index (χ0) is 5.98. The Morgan fingerprint density at radius 3 is 2.75 bits per heavy atom. The standard InChI is InChI=1S/C5H13BN2/c1-8-3-2-5(4-8)7-6/h5,7H,2-4,6H2,1H3/t5-/m0/s1. The van der Waals surface area contributed by atoms with E-state index in [9.17, 15) is 0 Å². The molecule has 0 unspecified atom stereocenters. The van der Waals surface area contributed by atoms with Gasteiger partial charge in [0.2, 0.25) is 0 Å². The first-order valence-electron chi connectivity index (χ1n) is 3.18. The van der Waals surface area contributed by atoms with Crippen molar-refractivity contribution >= 4 is 7.98 Å². The predicted molar refractivity (Wildman–Crippen MR) is 37.6 cm³/mol. The van der Waals surface area contributed by atoms with E-state index >= 15 is 0 Å². The second-order valence-electron chi connectivity index (χ2n) is 2.54. The van der Waals surface area contributed by atoms with Crippen LogP contribution < -0.4 is 5.23 Å². The molecule has 1 fully saturated rings. The first-order chi connectivity index (χ1) is 3.83. The van der Waals surface area contributed by atoms with Crippen LogP contribution in [-0.2, 0) is 0 Å². The van der Waals surface area contributed by atoms with E-state index in [2.05, 4.69) is 17.2 Å². The number of nitrogens with one attached hydrogen (secondary N) is 1. The van der Waals surface area contributed by atoms with Crippen LogP contribution >= 0.6 is 0 Å². The molecule has 8 heavy (non-hydrogen) atoms. The van der Waals surface area contributed by atoms with Gasteiger partial charge in [-0.1, -0.05) is 0 Å². The minimum absolute atomic E-state index is 0.750. The molecule has 0 amide bonds. The topological polar surface area (TPSA) is 15.3 Å². The Kier molecular flexibility index (Phi) is 1.92. The van der Waals surface area contributed by atoms with Gasteiger partial charge < -0.3 is 10.1 Å². The summed E-state index contributed by atoms with van der Waals surface area (Å²) in [6.45, 7) is 2.47. The van der Waals surface area contributed by atoms with Gasteiger partial charge in [0.05, 0.1) is 0 Å². The fourth-order valence-electron chi connectivity index (χ4n) is 1.17. The lowest BCUT2D eigenvalue weighted by Crippen LogP contribution is -2.28. The molecule has 0 spiro atoms. The largest absolute Gasteiger partial charge is 0.358 e. The maximum atomic E-state index is 3.25. The quantitative estimate of drug-likeness (QED) is 0.430. The second-order valence-corrected chi connectivity index (χ2v) is 2.54. The molecule has 1 heterocycles. The number of likely N-dealkylation sites (N-methyl/N-ethyl adjacent to an activating group) is 1. The Morgan fingerprint density at radius 1 is 1.75 bits per heavy atom. The van der Waals surface area contributed by atoms with Crippen molar-refractivity contribution in [1.29, 1.82) is 0 Å². The lowest BCUT2D eigenvalue weighted by atomic mass is 10.2. The summed E-state index contributed by atoms with van der Waals surface area (Å²) in [5, 5.41) is 3.25. The van der Waals surface area contributed by atoms with E-state index in [1.54, 1.807) is 0 Å². The zero-order valence-corrected chi connectivity index (χ0v) is 5.65. The van der Waals surface area contributed by atoms with E-state index < -0.39 is 0 Å². The monoisotopic (exact) mass is 112 g/mol. The van der Waals surface area contributed by atoms with Crippen molar-refractivity contribution in [2.75, 3.05) is 20.1 Å². The summed E-state index contributed by atoms with van der Waals surface area (Å²) in [6.07, 6.45) is 1.31. The summed E-state index contributed by atoms with van der Waals surface area (Å²) in [4.78, 5) is 2.35. The van der Waals surface area contributed by atoms with Crippen LogP contribution in [0.15, 0.2) is 0 Å². The highest BCUT2D eigenvalue weighted by Gasteiger charge is 2.15. The number of hydrogen-bond acceptors (Lipinski definition) is 2. The van der Waals surface area contributed by atoms with Crippen molar-refractivity contribution in [1.82, 2.24) is 10.1 Å². The summed E-state index contributed by atoms with van der Waals surface area (Å²) < 4.78 is 0. The lowest BCUT2D eigenvalue weighted by Gasteiger charge is -2.07. The van der Waals surface area contributed by atoms with Gasteiger partial charge in [-0.15, -0.1) is 0 Å². The molecule has 0 saturated carbocycles. The molecule has 2 nitrogen and oxygen atoms in total. The molecule has 1 N–H and O–H groups in total. The highest BCUT2D eigenvalue weighted by atomic mass is 15.1. The maximum absolute atomic E-state index is 3.25. The highest BCUT2D eigenvalue weighted by Crippen LogP contribution is 2.03. The van der Waals surface area contributed by atoms with Crippen LogP contribution in [0.4, 0.5) is 0 Å². The van der Waals surface area contributed by atoms with Crippen molar-refractivity contribution < 1.29 is 0 Å². The summed E-state index contributed by atoms with van der Waals surface area (Å²) in [5.74, 6) is 0. The molecule has 0 aromatic rings. The minimum Gasteiger partial charge on any atom is -0.358 e. The molecule has 0 aliphatic carbocycles. The Balaban J connectivity index is 2.22. The fourth-order valence-corrected chi connectivity index (χ4v) is 1.17. The Hall–Kier alpha value is -0.0151. The molecular formula is C5H13BN2. The van der Waals surface area contributed by atoms with Gasteiger partial charge in [-0.25, -0.2) is 0 Å². The van der Waals surface area contributed by atoms with Gasteiger partial charge in [0, 0.05) is 12.6 Å². The maximum Gasteiger partial charge on any atom is 0.182 e. The van der Waals surface area contributed by atoms with Crippen molar-refractivity contribution in [2.24, 2.45) is 0 Å². The van der Waals surface area contributed by atoms with Crippen molar-refractivity contribution in [3.8, 4) is 0 Å². The van der Waals surface area contributed by atoms with Gasteiger partial charge in [0.1, 0.15) is 0 Å². The van der Waals surface area contributed by atoms with Crippen molar-refractivity contribution in [2.45, 2.75) is 12.5 Å². The van der Waals surface area contributed by atoms with Crippen LogP contribution in [-0.4, -0.2) is 39.1 Å². The Morgan fingerprint density at radius 2 is 2.50 bits per heavy atom. The van der Waals surface area contributed by atoms with Crippen molar-refractivity contribution in [3.05, 3.63) is 0 Å². The summed E-state index contributed by atoms with van der Waals surface area (Å²) in [7, 11) is 4.20. The average Bonchev–Trinajstić information content (AvgIpc) is 2.14. The van der Waals surface area contributed by atoms with E-state index in [-0.39, 0.29) is 0 Å². The Labute approximate surface area is 51.7 Å². The molecule has 46 valence electrons. The molecule has 0 aromatic heterocycles. The van der Waals surface area contributed by atoms with E-state index in [1.165, 1.54) is 19.5 Å². The van der Waals surface area contributed by atoms with Crippen LogP contribution in [0.1, 0.15) is 6.42 Å². The summed E-state index contributed by atoms with van der Waals surface area (Å²) in [5.41, 5.74) is 0. The van der Waals surface area contributed by atoms with Gasteiger partial charge in [0.15, 0.2) is 7.98 Å². The normalized spacial score (nSPS) is 31.4. The number of likely N-dealkylation sites (tertiary alicyclic amines) is 1. The van der Waals surface area contributed by atoms with E-state index in [0.717, 1.165) is 6.04 Å². The van der Waals surface area contributed by atoms with E-state index in [1.807, 2.05) is 7.98 Å². The smallest absolute Gasteiger partial charge is 0.182 e. The van der Waals surface area contributed by atoms with Gasteiger partial charge >= 0.3 is 0 Å². The number of hydrogen-bond donors (Lipinski definition) is 1. The number of rotatable bonds is 1. The minimum atomic E-state index is 0.750. The molecule has 1 atom stereocenters. The van der Waals surface area contributed by atoms with Gasteiger partial charge in [-0.3, -0.25) is 0 Å². The van der Waals surface area contributed by atoms with Crippen LogP contribution in [0.25, 0.3) is 0 Å². The lowest BCUT2D eigenvalue weighted by molar-refractivity contribution is 0.408. The number of nitrogens with zero attached hydrogens (tertiary/aromatic N) is 1. The first-order valence-corrected chi connectivity index (χ1v) is 3.18. The van der Waals surface area contributed by atoms with Gasteiger partial charge in [0.25, 0.3) is 0 Å². The molecule has 0 aromatic carbocycles. The van der Waals surface area contributed by atoms with Crippen LogP contribution in [0.2, 0.25) is 0 Å². The summed E-state index contributed by atoms with van der Waals surface area (Å²) in [6, 6.07) is 0.750. The van der Waals surface area contributed by atoms with Crippen LogP contribution in [0.5, 0.6) is 0 Å². The molecule has 1 rings (SSSR count). The molecule has 0 radical (unpaired) electrons. The van der Waals surface area contributed by atoms with Gasteiger partial charge in [-0.05, 0) is 20.0 Å². The highest BCUT2D eigenvalue weighted by molar-refractivity contribution is 6.04. The van der Waals surface area contributed by atoms with Crippen LogP contribution in [0.3, 0.4) is 0 Å². The summed E-state index contributed by atoms with van der Waals surface area (Å²) >= 11 is 0. The molecule has 1 aliphatic heterocycles. The SMILES string of the molecule is BN[C@H]1CCN(C)C1. The predicted octanol–water partition coefficient (Wildman–Crippen LogP) is -1.17.